The van der Waals surface area contributed by atoms with Gasteiger partial charge >= 0.3 is 11.9 Å². The largest absolute Gasteiger partial charge is 0.481 e. The number of hydrogen-bond donors (Lipinski definition) is 2. The lowest BCUT2D eigenvalue weighted by atomic mass is 10.1. The number of aliphatic carboxylic acids is 2. The standard InChI is InChI=1S/C8H15BrO2.C8H15ClO2/c2*9-7-5-3-1-2-4-6-8(10)11/h2*1-7H2,(H,10,11). The molecule has 0 atom stereocenters. The maximum atomic E-state index is 10.1. The van der Waals surface area contributed by atoms with Crippen molar-refractivity contribution in [3.8, 4) is 0 Å². The molecule has 0 rings (SSSR count). The third-order valence-electron chi connectivity index (χ3n) is 3.05. The molecule has 2 N–H and O–H groups in total. The predicted octanol–water partition coefficient (Wildman–Crippen LogP) is 5.46. The van der Waals surface area contributed by atoms with E-state index in [4.69, 9.17) is 21.8 Å². The van der Waals surface area contributed by atoms with E-state index in [1.807, 2.05) is 0 Å². The first-order chi connectivity index (χ1) is 10.5. The van der Waals surface area contributed by atoms with Crippen molar-refractivity contribution in [2.75, 3.05) is 11.2 Å². The molecule has 0 radical (unpaired) electrons. The molecule has 0 spiro atoms. The third-order valence-corrected chi connectivity index (χ3v) is 3.88. The zero-order valence-corrected chi connectivity index (χ0v) is 15.7. The highest BCUT2D eigenvalue weighted by atomic mass is 79.9. The molecule has 0 aliphatic carbocycles. The normalized spacial score (nSPS) is 9.91. The van der Waals surface area contributed by atoms with Crippen molar-refractivity contribution >= 4 is 39.5 Å². The van der Waals surface area contributed by atoms with E-state index in [1.54, 1.807) is 0 Å². The Morgan fingerprint density at radius 3 is 1.41 bits per heavy atom. The molecule has 0 aliphatic heterocycles. The van der Waals surface area contributed by atoms with Crippen LogP contribution >= 0.6 is 27.5 Å². The Balaban J connectivity index is 0. The Morgan fingerprint density at radius 1 is 0.682 bits per heavy atom. The summed E-state index contributed by atoms with van der Waals surface area (Å²) >= 11 is 8.82. The van der Waals surface area contributed by atoms with Crippen LogP contribution in [0.3, 0.4) is 0 Å². The van der Waals surface area contributed by atoms with E-state index < -0.39 is 11.9 Å². The minimum absolute atomic E-state index is 0.306. The molecule has 0 bridgehead atoms. The van der Waals surface area contributed by atoms with Crippen molar-refractivity contribution < 1.29 is 19.8 Å². The molecular weight excluding hydrogens is 372 g/mol. The number of halogens is 2. The van der Waals surface area contributed by atoms with Crippen LogP contribution in [0.2, 0.25) is 0 Å². The van der Waals surface area contributed by atoms with Gasteiger partial charge in [-0.1, -0.05) is 54.5 Å². The molecule has 0 saturated carbocycles. The van der Waals surface area contributed by atoms with Gasteiger partial charge < -0.3 is 10.2 Å². The molecule has 0 aromatic heterocycles. The van der Waals surface area contributed by atoms with Crippen LogP contribution in [0.5, 0.6) is 0 Å². The van der Waals surface area contributed by atoms with Gasteiger partial charge in [0.25, 0.3) is 0 Å². The van der Waals surface area contributed by atoms with Gasteiger partial charge in [0, 0.05) is 24.1 Å². The number of carboxylic acid groups (broad SMARTS) is 2. The van der Waals surface area contributed by atoms with E-state index in [9.17, 15) is 9.59 Å². The number of alkyl halides is 2. The highest BCUT2D eigenvalue weighted by Gasteiger charge is 1.96. The van der Waals surface area contributed by atoms with Crippen molar-refractivity contribution in [3.05, 3.63) is 0 Å². The van der Waals surface area contributed by atoms with Crippen LogP contribution in [-0.2, 0) is 9.59 Å². The van der Waals surface area contributed by atoms with E-state index in [2.05, 4.69) is 15.9 Å². The van der Waals surface area contributed by atoms with Crippen LogP contribution in [0.4, 0.5) is 0 Å². The van der Waals surface area contributed by atoms with Gasteiger partial charge in [0.15, 0.2) is 0 Å². The summed E-state index contributed by atoms with van der Waals surface area (Å²) in [6.07, 6.45) is 11.2. The summed E-state index contributed by atoms with van der Waals surface area (Å²) in [5, 5.41) is 17.7. The summed E-state index contributed by atoms with van der Waals surface area (Å²) in [7, 11) is 0. The van der Waals surface area contributed by atoms with Gasteiger partial charge in [0.1, 0.15) is 0 Å². The average molecular weight is 402 g/mol. The topological polar surface area (TPSA) is 74.6 Å². The number of carbonyl (C=O) groups is 2. The van der Waals surface area contributed by atoms with Crippen LogP contribution < -0.4 is 0 Å². The van der Waals surface area contributed by atoms with Gasteiger partial charge in [0.05, 0.1) is 0 Å². The molecule has 6 heteroatoms. The monoisotopic (exact) mass is 400 g/mol. The van der Waals surface area contributed by atoms with Crippen LogP contribution in [-0.4, -0.2) is 33.4 Å². The summed E-state index contributed by atoms with van der Waals surface area (Å²) in [6, 6.07) is 0. The maximum Gasteiger partial charge on any atom is 0.303 e. The molecule has 0 aromatic carbocycles. The summed E-state index contributed by atoms with van der Waals surface area (Å²) < 4.78 is 0. The smallest absolute Gasteiger partial charge is 0.303 e. The molecule has 0 fully saturated rings. The maximum absolute atomic E-state index is 10.1. The fourth-order valence-corrected chi connectivity index (χ4v) is 2.39. The molecule has 0 heterocycles. The van der Waals surface area contributed by atoms with Crippen molar-refractivity contribution in [1.29, 1.82) is 0 Å². The first kappa shape index (κ1) is 24.0. The molecule has 0 aliphatic rings. The lowest BCUT2D eigenvalue weighted by Gasteiger charge is -1.96. The van der Waals surface area contributed by atoms with Crippen molar-refractivity contribution in [2.45, 2.75) is 77.0 Å². The summed E-state index contributed by atoms with van der Waals surface area (Å²) in [4.78, 5) is 20.1. The first-order valence-electron chi connectivity index (χ1n) is 8.10. The molecule has 4 nitrogen and oxygen atoms in total. The number of carboxylic acids is 2. The molecule has 0 saturated heterocycles. The molecule has 0 unspecified atom stereocenters. The molecule has 0 amide bonds. The van der Waals surface area contributed by atoms with E-state index in [1.165, 1.54) is 19.3 Å². The van der Waals surface area contributed by atoms with Gasteiger partial charge in [-0.15, -0.1) is 11.6 Å². The van der Waals surface area contributed by atoms with Crippen molar-refractivity contribution in [2.24, 2.45) is 0 Å². The fraction of sp³-hybridized carbons (Fsp3) is 0.875. The van der Waals surface area contributed by atoms with Crippen LogP contribution in [0, 0.1) is 0 Å². The van der Waals surface area contributed by atoms with E-state index in [0.29, 0.717) is 12.8 Å². The lowest BCUT2D eigenvalue weighted by molar-refractivity contribution is -0.138. The van der Waals surface area contributed by atoms with Crippen molar-refractivity contribution in [1.82, 2.24) is 0 Å². The summed E-state index contributed by atoms with van der Waals surface area (Å²) in [5.41, 5.74) is 0. The van der Waals surface area contributed by atoms with E-state index in [-0.39, 0.29) is 0 Å². The molecule has 22 heavy (non-hydrogen) atoms. The quantitative estimate of drug-likeness (QED) is 0.299. The Morgan fingerprint density at radius 2 is 1.05 bits per heavy atom. The Hall–Kier alpha value is -0.290. The molecule has 0 aromatic rings. The molecule has 132 valence electrons. The van der Waals surface area contributed by atoms with Crippen LogP contribution in [0.25, 0.3) is 0 Å². The number of hydrogen-bond acceptors (Lipinski definition) is 2. The Labute approximate surface area is 147 Å². The number of unbranched alkanes of at least 4 members (excludes halogenated alkanes) is 8. The van der Waals surface area contributed by atoms with Gasteiger partial charge in [-0.2, -0.15) is 0 Å². The summed E-state index contributed by atoms with van der Waals surface area (Å²) in [6.45, 7) is 0. The number of rotatable bonds is 14. The third kappa shape index (κ3) is 28.0. The molecular formula is C16H30BrClO4. The lowest BCUT2D eigenvalue weighted by Crippen LogP contribution is -1.93. The van der Waals surface area contributed by atoms with E-state index >= 15 is 0 Å². The van der Waals surface area contributed by atoms with Gasteiger partial charge in [0.2, 0.25) is 0 Å². The van der Waals surface area contributed by atoms with E-state index in [0.717, 1.165) is 56.2 Å². The predicted molar refractivity (Wildman–Crippen MR) is 95.2 cm³/mol. The first-order valence-corrected chi connectivity index (χ1v) is 9.75. The van der Waals surface area contributed by atoms with Gasteiger partial charge in [-0.25, -0.2) is 0 Å². The van der Waals surface area contributed by atoms with Gasteiger partial charge in [-0.3, -0.25) is 9.59 Å². The highest BCUT2D eigenvalue weighted by Crippen LogP contribution is 2.06. The van der Waals surface area contributed by atoms with Crippen LogP contribution in [0.15, 0.2) is 0 Å². The SMILES string of the molecule is O=C(O)CCCCCCCBr.O=C(O)CCCCCCCCl. The van der Waals surface area contributed by atoms with Gasteiger partial charge in [-0.05, 0) is 25.7 Å². The minimum atomic E-state index is -0.692. The zero-order chi connectivity index (χ0) is 17.1. The average Bonchev–Trinajstić information content (AvgIpc) is 2.46. The zero-order valence-electron chi connectivity index (χ0n) is 13.4. The van der Waals surface area contributed by atoms with Crippen molar-refractivity contribution in [3.63, 3.8) is 0 Å². The summed E-state index contributed by atoms with van der Waals surface area (Å²) in [5.74, 6) is -0.647. The fourth-order valence-electron chi connectivity index (χ4n) is 1.80. The second kappa shape index (κ2) is 20.7. The van der Waals surface area contributed by atoms with Crippen LogP contribution in [0.1, 0.15) is 77.0 Å². The Kier molecular flexibility index (Phi) is 22.6. The second-order valence-electron chi connectivity index (χ2n) is 5.20. The highest BCUT2D eigenvalue weighted by molar-refractivity contribution is 9.09. The second-order valence-corrected chi connectivity index (χ2v) is 6.37. The Bertz CT molecular complexity index is 237. The minimum Gasteiger partial charge on any atom is -0.481 e.